The first-order valence-electron chi connectivity index (χ1n) is 6.73. The van der Waals surface area contributed by atoms with Gasteiger partial charge in [-0.05, 0) is 12.8 Å². The van der Waals surface area contributed by atoms with Gasteiger partial charge in [-0.1, -0.05) is 18.1 Å². The second-order valence-corrected chi connectivity index (χ2v) is 4.90. The summed E-state index contributed by atoms with van der Waals surface area (Å²) in [7, 11) is 0. The Morgan fingerprint density at radius 3 is 2.85 bits per heavy atom. The fourth-order valence-corrected chi connectivity index (χ4v) is 2.40. The number of nitrogens with two attached hydrogens (primary N) is 1. The van der Waals surface area contributed by atoms with E-state index in [0.717, 1.165) is 19.3 Å². The first-order chi connectivity index (χ1) is 9.61. The lowest BCUT2D eigenvalue weighted by atomic mass is 10.1. The van der Waals surface area contributed by atoms with Crippen LogP contribution in [-0.4, -0.2) is 49.5 Å². The van der Waals surface area contributed by atoms with E-state index in [-0.39, 0.29) is 19.0 Å². The molecule has 1 atom stereocenters. The molecule has 2 rings (SSSR count). The molecule has 0 spiro atoms. The Kier molecular flexibility index (Phi) is 4.67. The largest absolute Gasteiger partial charge is 0.480 e. The molecule has 1 unspecified atom stereocenters. The van der Waals surface area contributed by atoms with Crippen molar-refractivity contribution in [3.8, 4) is 0 Å². The Hall–Kier alpha value is -1.96. The number of hydrogen-bond donors (Lipinski definition) is 2. The predicted octanol–water partition coefficient (Wildman–Crippen LogP) is -0.407. The standard InChI is InChI=1S/C12H19N5O3/c13-6-9-7-16(15-14-9)8-11(18)17-5-3-1-2-4-10(17)12(19)20/h7,10H,1-6,8,13H2,(H,19,20). The molecule has 0 radical (unpaired) electrons. The van der Waals surface area contributed by atoms with Crippen LogP contribution in [-0.2, 0) is 22.7 Å². The maximum Gasteiger partial charge on any atom is 0.326 e. The highest BCUT2D eigenvalue weighted by atomic mass is 16.4. The first kappa shape index (κ1) is 14.4. The highest BCUT2D eigenvalue weighted by Crippen LogP contribution is 2.17. The van der Waals surface area contributed by atoms with E-state index in [2.05, 4.69) is 10.3 Å². The molecule has 1 fully saturated rings. The minimum Gasteiger partial charge on any atom is -0.480 e. The molecule has 0 aromatic carbocycles. The molecule has 1 amide bonds. The zero-order chi connectivity index (χ0) is 14.5. The van der Waals surface area contributed by atoms with Gasteiger partial charge in [0.15, 0.2) is 0 Å². The van der Waals surface area contributed by atoms with Gasteiger partial charge >= 0.3 is 5.97 Å². The number of aromatic nitrogens is 3. The summed E-state index contributed by atoms with van der Waals surface area (Å²) in [5, 5.41) is 16.9. The fourth-order valence-electron chi connectivity index (χ4n) is 2.40. The lowest BCUT2D eigenvalue weighted by Crippen LogP contribution is -2.46. The number of carbonyl (C=O) groups is 2. The van der Waals surface area contributed by atoms with E-state index in [1.54, 1.807) is 6.20 Å². The molecule has 0 bridgehead atoms. The van der Waals surface area contributed by atoms with E-state index in [1.807, 2.05) is 0 Å². The molecule has 1 aromatic rings. The zero-order valence-electron chi connectivity index (χ0n) is 11.2. The topological polar surface area (TPSA) is 114 Å². The van der Waals surface area contributed by atoms with Crippen molar-refractivity contribution in [2.75, 3.05) is 6.54 Å². The highest BCUT2D eigenvalue weighted by Gasteiger charge is 2.30. The number of carboxylic acids is 1. The summed E-state index contributed by atoms with van der Waals surface area (Å²) in [6.45, 7) is 0.737. The van der Waals surface area contributed by atoms with Crippen LogP contribution in [0.25, 0.3) is 0 Å². The molecule has 0 aliphatic carbocycles. The number of hydrogen-bond acceptors (Lipinski definition) is 5. The van der Waals surface area contributed by atoms with Gasteiger partial charge in [0.25, 0.3) is 0 Å². The van der Waals surface area contributed by atoms with Gasteiger partial charge in [-0.3, -0.25) is 4.79 Å². The van der Waals surface area contributed by atoms with Crippen LogP contribution in [0, 0.1) is 0 Å². The third-order valence-electron chi connectivity index (χ3n) is 3.45. The molecule has 1 aliphatic rings. The van der Waals surface area contributed by atoms with Gasteiger partial charge in [0.1, 0.15) is 12.6 Å². The molecule has 1 aromatic heterocycles. The molecule has 1 aliphatic heterocycles. The van der Waals surface area contributed by atoms with Crippen LogP contribution in [0.15, 0.2) is 6.20 Å². The van der Waals surface area contributed by atoms with E-state index in [9.17, 15) is 14.7 Å². The number of rotatable bonds is 4. The van der Waals surface area contributed by atoms with Crippen LogP contribution < -0.4 is 5.73 Å². The van der Waals surface area contributed by atoms with Gasteiger partial charge in [-0.2, -0.15) is 0 Å². The minimum absolute atomic E-state index is 0.00319. The van der Waals surface area contributed by atoms with Crippen molar-refractivity contribution in [2.45, 2.75) is 44.8 Å². The van der Waals surface area contributed by atoms with E-state index >= 15 is 0 Å². The van der Waals surface area contributed by atoms with Crippen molar-refractivity contribution < 1.29 is 14.7 Å². The number of carbonyl (C=O) groups excluding carboxylic acids is 1. The molecular weight excluding hydrogens is 262 g/mol. The smallest absolute Gasteiger partial charge is 0.326 e. The van der Waals surface area contributed by atoms with Crippen molar-refractivity contribution in [3.63, 3.8) is 0 Å². The summed E-state index contributed by atoms with van der Waals surface area (Å²) < 4.78 is 1.40. The predicted molar refractivity (Wildman–Crippen MR) is 69.5 cm³/mol. The summed E-state index contributed by atoms with van der Waals surface area (Å²) in [6.07, 6.45) is 4.73. The summed E-state index contributed by atoms with van der Waals surface area (Å²) in [6, 6.07) is -0.734. The number of likely N-dealkylation sites (tertiary alicyclic amines) is 1. The third-order valence-corrected chi connectivity index (χ3v) is 3.45. The second kappa shape index (κ2) is 6.47. The lowest BCUT2D eigenvalue weighted by molar-refractivity contribution is -0.150. The van der Waals surface area contributed by atoms with Gasteiger partial charge in [0.2, 0.25) is 5.91 Å². The summed E-state index contributed by atoms with van der Waals surface area (Å²) in [5.41, 5.74) is 6.03. The van der Waals surface area contributed by atoms with E-state index < -0.39 is 12.0 Å². The van der Waals surface area contributed by atoms with Crippen LogP contribution in [0.5, 0.6) is 0 Å². The van der Waals surface area contributed by atoms with Gasteiger partial charge in [-0.15, -0.1) is 5.10 Å². The minimum atomic E-state index is -0.943. The average Bonchev–Trinajstić information content (AvgIpc) is 2.72. The zero-order valence-corrected chi connectivity index (χ0v) is 11.2. The second-order valence-electron chi connectivity index (χ2n) is 4.90. The Balaban J connectivity index is 2.06. The average molecular weight is 281 g/mol. The Morgan fingerprint density at radius 2 is 2.20 bits per heavy atom. The number of aliphatic carboxylic acids is 1. The fraction of sp³-hybridized carbons (Fsp3) is 0.667. The van der Waals surface area contributed by atoms with Gasteiger partial charge in [-0.25, -0.2) is 9.48 Å². The molecule has 20 heavy (non-hydrogen) atoms. The van der Waals surface area contributed by atoms with Gasteiger partial charge in [0.05, 0.1) is 11.9 Å². The van der Waals surface area contributed by atoms with E-state index in [1.165, 1.54) is 9.58 Å². The van der Waals surface area contributed by atoms with Gasteiger partial charge < -0.3 is 15.7 Å². The molecule has 2 heterocycles. The Labute approximate surface area is 116 Å². The molecule has 110 valence electrons. The maximum atomic E-state index is 12.3. The quantitative estimate of drug-likeness (QED) is 0.775. The lowest BCUT2D eigenvalue weighted by Gasteiger charge is -2.26. The van der Waals surface area contributed by atoms with Crippen molar-refractivity contribution >= 4 is 11.9 Å². The molecule has 8 heteroatoms. The van der Waals surface area contributed by atoms with E-state index in [4.69, 9.17) is 5.73 Å². The monoisotopic (exact) mass is 281 g/mol. The summed E-state index contributed by atoms with van der Waals surface area (Å²) >= 11 is 0. The van der Waals surface area contributed by atoms with Crippen molar-refractivity contribution in [1.29, 1.82) is 0 Å². The van der Waals surface area contributed by atoms with Crippen molar-refractivity contribution in [1.82, 2.24) is 19.9 Å². The Bertz CT molecular complexity index is 487. The molecule has 1 saturated heterocycles. The number of amides is 1. The van der Waals surface area contributed by atoms with Crippen LogP contribution in [0.2, 0.25) is 0 Å². The Morgan fingerprint density at radius 1 is 1.40 bits per heavy atom. The van der Waals surface area contributed by atoms with Crippen LogP contribution >= 0.6 is 0 Å². The van der Waals surface area contributed by atoms with Crippen LogP contribution in [0.4, 0.5) is 0 Å². The highest BCUT2D eigenvalue weighted by molar-refractivity contribution is 5.83. The summed E-state index contributed by atoms with van der Waals surface area (Å²) in [5.74, 6) is -1.19. The maximum absolute atomic E-state index is 12.3. The van der Waals surface area contributed by atoms with Crippen LogP contribution in [0.1, 0.15) is 31.4 Å². The number of nitrogens with zero attached hydrogens (tertiary/aromatic N) is 4. The molecule has 8 nitrogen and oxygen atoms in total. The van der Waals surface area contributed by atoms with Crippen molar-refractivity contribution in [3.05, 3.63) is 11.9 Å². The molecular formula is C12H19N5O3. The first-order valence-corrected chi connectivity index (χ1v) is 6.73. The normalized spacial score (nSPS) is 19.6. The van der Waals surface area contributed by atoms with Crippen LogP contribution in [0.3, 0.4) is 0 Å². The SMILES string of the molecule is NCc1cn(CC(=O)N2CCCCCC2C(=O)O)nn1. The van der Waals surface area contributed by atoms with Gasteiger partial charge in [0, 0.05) is 13.1 Å². The number of carboxylic acid groups (broad SMARTS) is 1. The van der Waals surface area contributed by atoms with E-state index in [0.29, 0.717) is 18.7 Å². The summed E-state index contributed by atoms with van der Waals surface area (Å²) in [4.78, 5) is 25.0. The third kappa shape index (κ3) is 3.32. The van der Waals surface area contributed by atoms with Crippen molar-refractivity contribution in [2.24, 2.45) is 5.73 Å². The molecule has 0 saturated carbocycles. The molecule has 3 N–H and O–H groups in total.